The molecule has 2 aromatic carbocycles. The molecule has 2 heteroatoms. The summed E-state index contributed by atoms with van der Waals surface area (Å²) in [5, 5.41) is 0. The molecule has 0 aliphatic rings. The van der Waals surface area contributed by atoms with E-state index in [9.17, 15) is 0 Å². The molecule has 0 heterocycles. The fourth-order valence-electron chi connectivity index (χ4n) is 2.62. The smallest absolute Gasteiger partial charge is 0.0585 e. The maximum Gasteiger partial charge on any atom is 0.0585 e. The maximum absolute atomic E-state index is 4.45. The first-order valence-electron chi connectivity index (χ1n) is 7.69. The van der Waals surface area contributed by atoms with Gasteiger partial charge in [-0.25, -0.2) is 0 Å². The summed E-state index contributed by atoms with van der Waals surface area (Å²) in [5.74, 6) is 0. The molecule has 114 valence electrons. The fraction of sp³-hybridized carbons (Fsp3) is 0.300. The summed E-state index contributed by atoms with van der Waals surface area (Å²) >= 11 is 0. The third-order valence-electron chi connectivity index (χ3n) is 3.33. The zero-order chi connectivity index (χ0) is 15.9. The molecule has 0 saturated heterocycles. The van der Waals surface area contributed by atoms with Crippen molar-refractivity contribution in [1.82, 2.24) is 0 Å². The SMILES string of the molecule is Cc1cc(C)cc(C=NCCN=Cc2cc(C)cc(C)c2)c1. The molecule has 0 aliphatic carbocycles. The topological polar surface area (TPSA) is 24.7 Å². The maximum atomic E-state index is 4.45. The molecule has 0 fully saturated rings. The van der Waals surface area contributed by atoms with Gasteiger partial charge in [0, 0.05) is 12.4 Å². The molecule has 0 N–H and O–H groups in total. The van der Waals surface area contributed by atoms with Crippen LogP contribution in [0.5, 0.6) is 0 Å². The van der Waals surface area contributed by atoms with Crippen molar-refractivity contribution in [3.8, 4) is 0 Å². The first-order valence-corrected chi connectivity index (χ1v) is 7.69. The molecule has 0 atom stereocenters. The van der Waals surface area contributed by atoms with Crippen LogP contribution in [0.15, 0.2) is 46.4 Å². The monoisotopic (exact) mass is 292 g/mol. The van der Waals surface area contributed by atoms with E-state index in [1.165, 1.54) is 22.3 Å². The van der Waals surface area contributed by atoms with E-state index in [4.69, 9.17) is 0 Å². The molecule has 0 aromatic heterocycles. The summed E-state index contributed by atoms with van der Waals surface area (Å²) in [4.78, 5) is 8.90. The average molecular weight is 292 g/mol. The van der Waals surface area contributed by atoms with Crippen LogP contribution >= 0.6 is 0 Å². The molecule has 0 saturated carbocycles. The average Bonchev–Trinajstić information content (AvgIpc) is 2.40. The molecule has 2 nitrogen and oxygen atoms in total. The van der Waals surface area contributed by atoms with Gasteiger partial charge in [0.15, 0.2) is 0 Å². The number of benzene rings is 2. The zero-order valence-corrected chi connectivity index (χ0v) is 13.9. The van der Waals surface area contributed by atoms with Gasteiger partial charge >= 0.3 is 0 Å². The van der Waals surface area contributed by atoms with E-state index in [-0.39, 0.29) is 0 Å². The van der Waals surface area contributed by atoms with E-state index >= 15 is 0 Å². The van der Waals surface area contributed by atoms with Gasteiger partial charge in [0.25, 0.3) is 0 Å². The first-order chi connectivity index (χ1) is 10.5. The van der Waals surface area contributed by atoms with Gasteiger partial charge in [0.2, 0.25) is 0 Å². The van der Waals surface area contributed by atoms with Crippen LogP contribution in [0.2, 0.25) is 0 Å². The predicted molar refractivity (Wildman–Crippen MR) is 96.8 cm³/mol. The molecule has 2 rings (SSSR count). The second kappa shape index (κ2) is 7.69. The Labute approximate surface area is 133 Å². The summed E-state index contributed by atoms with van der Waals surface area (Å²) in [5.41, 5.74) is 7.42. The van der Waals surface area contributed by atoms with Gasteiger partial charge in [-0.15, -0.1) is 0 Å². The number of hydrogen-bond donors (Lipinski definition) is 0. The van der Waals surface area contributed by atoms with Crippen LogP contribution in [-0.2, 0) is 0 Å². The molecular formula is C20H24N2. The Hall–Kier alpha value is -2.22. The standard InChI is InChI=1S/C20H24N2/c1-15-7-16(2)10-19(9-15)13-21-5-6-22-14-20-11-17(3)8-18(4)12-20/h7-14H,5-6H2,1-4H3. The Morgan fingerprint density at radius 2 is 0.909 bits per heavy atom. The van der Waals surface area contributed by atoms with E-state index in [1.807, 2.05) is 12.4 Å². The third kappa shape index (κ3) is 5.28. The van der Waals surface area contributed by atoms with Gasteiger partial charge < -0.3 is 0 Å². The lowest BCUT2D eigenvalue weighted by Crippen LogP contribution is -1.92. The summed E-state index contributed by atoms with van der Waals surface area (Å²) in [6.07, 6.45) is 3.87. The Morgan fingerprint density at radius 1 is 0.591 bits per heavy atom. The lowest BCUT2D eigenvalue weighted by atomic mass is 10.1. The van der Waals surface area contributed by atoms with Gasteiger partial charge in [-0.1, -0.05) is 58.7 Å². The van der Waals surface area contributed by atoms with Crippen molar-refractivity contribution in [2.24, 2.45) is 9.98 Å². The minimum atomic E-state index is 0.717. The summed E-state index contributed by atoms with van der Waals surface area (Å²) in [6, 6.07) is 12.9. The van der Waals surface area contributed by atoms with Gasteiger partial charge in [-0.2, -0.15) is 0 Å². The highest BCUT2D eigenvalue weighted by Gasteiger charge is 1.93. The first kappa shape index (κ1) is 16.2. The number of nitrogens with zero attached hydrogens (tertiary/aromatic N) is 2. The van der Waals surface area contributed by atoms with E-state index < -0.39 is 0 Å². The third-order valence-corrected chi connectivity index (χ3v) is 3.33. The minimum absolute atomic E-state index is 0.717. The van der Waals surface area contributed by atoms with Crippen LogP contribution in [-0.4, -0.2) is 25.5 Å². The fourth-order valence-corrected chi connectivity index (χ4v) is 2.62. The van der Waals surface area contributed by atoms with Gasteiger partial charge in [-0.05, 0) is 38.8 Å². The molecular weight excluding hydrogens is 268 g/mol. The lowest BCUT2D eigenvalue weighted by molar-refractivity contribution is 0.985. The predicted octanol–water partition coefficient (Wildman–Crippen LogP) is 4.46. The molecule has 0 spiro atoms. The van der Waals surface area contributed by atoms with Crippen molar-refractivity contribution >= 4 is 12.4 Å². The van der Waals surface area contributed by atoms with Crippen LogP contribution in [0, 0.1) is 27.7 Å². The Morgan fingerprint density at radius 3 is 1.23 bits per heavy atom. The summed E-state index contributed by atoms with van der Waals surface area (Å²) in [7, 11) is 0. The van der Waals surface area contributed by atoms with Crippen LogP contribution in [0.4, 0.5) is 0 Å². The molecule has 0 bridgehead atoms. The Bertz CT molecular complexity index is 595. The number of hydrogen-bond acceptors (Lipinski definition) is 2. The number of aryl methyl sites for hydroxylation is 4. The highest BCUT2D eigenvalue weighted by atomic mass is 14.8. The van der Waals surface area contributed by atoms with Crippen LogP contribution in [0.3, 0.4) is 0 Å². The molecule has 0 amide bonds. The van der Waals surface area contributed by atoms with E-state index in [2.05, 4.69) is 74.1 Å². The highest BCUT2D eigenvalue weighted by molar-refractivity contribution is 5.81. The molecule has 0 unspecified atom stereocenters. The van der Waals surface area contributed by atoms with Crippen molar-refractivity contribution in [2.75, 3.05) is 13.1 Å². The van der Waals surface area contributed by atoms with E-state index in [0.29, 0.717) is 13.1 Å². The minimum Gasteiger partial charge on any atom is -0.291 e. The van der Waals surface area contributed by atoms with Crippen LogP contribution in [0.25, 0.3) is 0 Å². The molecule has 0 aliphatic heterocycles. The van der Waals surface area contributed by atoms with Crippen molar-refractivity contribution in [3.63, 3.8) is 0 Å². The number of aliphatic imine (C=N–C) groups is 2. The zero-order valence-electron chi connectivity index (χ0n) is 13.9. The molecule has 2 aromatic rings. The highest BCUT2D eigenvalue weighted by Crippen LogP contribution is 2.07. The molecule has 0 radical (unpaired) electrons. The van der Waals surface area contributed by atoms with E-state index in [0.717, 1.165) is 11.1 Å². The molecule has 22 heavy (non-hydrogen) atoms. The Kier molecular flexibility index (Phi) is 5.65. The van der Waals surface area contributed by atoms with Gasteiger partial charge in [0.05, 0.1) is 13.1 Å². The van der Waals surface area contributed by atoms with Crippen molar-refractivity contribution in [3.05, 3.63) is 69.8 Å². The van der Waals surface area contributed by atoms with Crippen molar-refractivity contribution in [2.45, 2.75) is 27.7 Å². The van der Waals surface area contributed by atoms with Crippen molar-refractivity contribution < 1.29 is 0 Å². The Balaban J connectivity index is 1.86. The van der Waals surface area contributed by atoms with Crippen LogP contribution < -0.4 is 0 Å². The van der Waals surface area contributed by atoms with Crippen LogP contribution in [0.1, 0.15) is 33.4 Å². The van der Waals surface area contributed by atoms with E-state index in [1.54, 1.807) is 0 Å². The lowest BCUT2D eigenvalue weighted by Gasteiger charge is -2.00. The normalized spacial score (nSPS) is 11.6. The second-order valence-corrected chi connectivity index (χ2v) is 5.91. The summed E-state index contributed by atoms with van der Waals surface area (Å²) < 4.78 is 0. The quantitative estimate of drug-likeness (QED) is 0.574. The second-order valence-electron chi connectivity index (χ2n) is 5.91. The summed E-state index contributed by atoms with van der Waals surface area (Å²) in [6.45, 7) is 9.87. The van der Waals surface area contributed by atoms with Gasteiger partial charge in [0.1, 0.15) is 0 Å². The number of rotatable bonds is 5. The van der Waals surface area contributed by atoms with Crippen molar-refractivity contribution in [1.29, 1.82) is 0 Å². The largest absolute Gasteiger partial charge is 0.291 e. The van der Waals surface area contributed by atoms with Gasteiger partial charge in [-0.3, -0.25) is 9.98 Å².